The van der Waals surface area contributed by atoms with Gasteiger partial charge in [-0.1, -0.05) is 0 Å². The van der Waals surface area contributed by atoms with Crippen LogP contribution in [0, 0.1) is 5.92 Å². The molecule has 2 rings (SSSR count). The Balaban J connectivity index is 1.59. The van der Waals surface area contributed by atoms with Crippen molar-refractivity contribution in [2.45, 2.75) is 31.8 Å². The van der Waals surface area contributed by atoms with Crippen LogP contribution < -0.4 is 0 Å². The van der Waals surface area contributed by atoms with Crippen LogP contribution >= 0.6 is 0 Å². The molecule has 0 atom stereocenters. The van der Waals surface area contributed by atoms with Gasteiger partial charge in [0.2, 0.25) is 0 Å². The SMILES string of the molecule is O=C(OCC1CCOCC1)OC1CCOCC1. The summed E-state index contributed by atoms with van der Waals surface area (Å²) in [7, 11) is 0. The molecule has 0 aromatic carbocycles. The van der Waals surface area contributed by atoms with E-state index in [4.69, 9.17) is 18.9 Å². The van der Waals surface area contributed by atoms with E-state index in [2.05, 4.69) is 0 Å². The van der Waals surface area contributed by atoms with Crippen LogP contribution in [0.2, 0.25) is 0 Å². The van der Waals surface area contributed by atoms with Crippen molar-refractivity contribution in [1.29, 1.82) is 0 Å². The molecule has 0 spiro atoms. The first kappa shape index (κ1) is 12.6. The smallest absolute Gasteiger partial charge is 0.434 e. The quantitative estimate of drug-likeness (QED) is 0.708. The first-order chi connectivity index (χ1) is 8.34. The Morgan fingerprint density at radius 3 is 2.24 bits per heavy atom. The van der Waals surface area contributed by atoms with Crippen LogP contribution in [-0.4, -0.2) is 45.3 Å². The molecule has 2 fully saturated rings. The van der Waals surface area contributed by atoms with E-state index in [-0.39, 0.29) is 6.10 Å². The fraction of sp³-hybridized carbons (Fsp3) is 0.917. The third kappa shape index (κ3) is 4.52. The van der Waals surface area contributed by atoms with Crippen molar-refractivity contribution in [3.8, 4) is 0 Å². The molecule has 0 radical (unpaired) electrons. The lowest BCUT2D eigenvalue weighted by atomic mass is 10.0. The Morgan fingerprint density at radius 2 is 1.59 bits per heavy atom. The van der Waals surface area contributed by atoms with E-state index in [9.17, 15) is 4.79 Å². The zero-order chi connectivity index (χ0) is 11.9. The molecule has 2 aliphatic rings. The van der Waals surface area contributed by atoms with Crippen molar-refractivity contribution in [2.24, 2.45) is 5.92 Å². The minimum Gasteiger partial charge on any atom is -0.434 e. The molecule has 0 N–H and O–H groups in total. The largest absolute Gasteiger partial charge is 0.508 e. The van der Waals surface area contributed by atoms with E-state index in [0.29, 0.717) is 25.7 Å². The van der Waals surface area contributed by atoms with E-state index < -0.39 is 6.16 Å². The topological polar surface area (TPSA) is 54.0 Å². The standard InChI is InChI=1S/C12H20O5/c13-12(17-11-3-7-15-8-4-11)16-9-10-1-5-14-6-2-10/h10-11H,1-9H2. The van der Waals surface area contributed by atoms with E-state index in [1.54, 1.807) is 0 Å². The number of hydrogen-bond donors (Lipinski definition) is 0. The Hall–Kier alpha value is -0.810. The fourth-order valence-corrected chi connectivity index (χ4v) is 2.06. The van der Waals surface area contributed by atoms with E-state index in [0.717, 1.165) is 38.9 Å². The maximum Gasteiger partial charge on any atom is 0.508 e. The maximum absolute atomic E-state index is 11.4. The van der Waals surface area contributed by atoms with Gasteiger partial charge in [-0.15, -0.1) is 0 Å². The lowest BCUT2D eigenvalue weighted by molar-refractivity contribution is -0.0368. The highest BCUT2D eigenvalue weighted by atomic mass is 16.7. The van der Waals surface area contributed by atoms with Crippen molar-refractivity contribution in [3.63, 3.8) is 0 Å². The molecule has 5 nitrogen and oxygen atoms in total. The van der Waals surface area contributed by atoms with Crippen LogP contribution in [0.15, 0.2) is 0 Å². The van der Waals surface area contributed by atoms with Crippen LogP contribution in [0.5, 0.6) is 0 Å². The number of ether oxygens (including phenoxy) is 4. The Kier molecular flexibility index (Phi) is 5.07. The van der Waals surface area contributed by atoms with Crippen molar-refractivity contribution in [2.75, 3.05) is 33.0 Å². The monoisotopic (exact) mass is 244 g/mol. The van der Waals surface area contributed by atoms with Crippen molar-refractivity contribution < 1.29 is 23.7 Å². The minimum atomic E-state index is -0.539. The van der Waals surface area contributed by atoms with Crippen molar-refractivity contribution in [3.05, 3.63) is 0 Å². The molecule has 0 bridgehead atoms. The minimum absolute atomic E-state index is 0.0362. The highest BCUT2D eigenvalue weighted by Crippen LogP contribution is 2.16. The van der Waals surface area contributed by atoms with Gasteiger partial charge in [0.25, 0.3) is 0 Å². The summed E-state index contributed by atoms with van der Waals surface area (Å²) >= 11 is 0. The molecule has 0 aromatic heterocycles. The summed E-state index contributed by atoms with van der Waals surface area (Å²) in [5.41, 5.74) is 0. The van der Waals surface area contributed by atoms with Gasteiger partial charge in [0.05, 0.1) is 19.8 Å². The second-order valence-electron chi connectivity index (χ2n) is 4.55. The third-order valence-electron chi connectivity index (χ3n) is 3.21. The van der Waals surface area contributed by atoms with Gasteiger partial charge in [-0.2, -0.15) is 0 Å². The Morgan fingerprint density at radius 1 is 1.00 bits per heavy atom. The molecule has 0 amide bonds. The molecular formula is C12H20O5. The summed E-state index contributed by atoms with van der Waals surface area (Å²) in [6.07, 6.45) is 2.89. The zero-order valence-electron chi connectivity index (χ0n) is 10.1. The maximum atomic E-state index is 11.4. The molecule has 2 aliphatic heterocycles. The summed E-state index contributed by atoms with van der Waals surface area (Å²) in [5.74, 6) is 0.422. The molecule has 2 heterocycles. The summed E-state index contributed by atoms with van der Waals surface area (Å²) < 4.78 is 20.8. The number of hydrogen-bond acceptors (Lipinski definition) is 5. The van der Waals surface area contributed by atoms with E-state index in [1.807, 2.05) is 0 Å². The molecule has 0 unspecified atom stereocenters. The Labute approximate surface area is 101 Å². The van der Waals surface area contributed by atoms with Crippen LogP contribution in [0.25, 0.3) is 0 Å². The van der Waals surface area contributed by atoms with Crippen LogP contribution in [0.1, 0.15) is 25.7 Å². The highest BCUT2D eigenvalue weighted by molar-refractivity contribution is 5.60. The fourth-order valence-electron chi connectivity index (χ4n) is 2.06. The second kappa shape index (κ2) is 6.81. The van der Waals surface area contributed by atoms with Crippen LogP contribution in [-0.2, 0) is 18.9 Å². The number of carbonyl (C=O) groups excluding carboxylic acids is 1. The molecule has 2 saturated heterocycles. The summed E-state index contributed by atoms with van der Waals surface area (Å²) in [4.78, 5) is 11.4. The van der Waals surface area contributed by atoms with E-state index in [1.165, 1.54) is 0 Å². The normalized spacial score (nSPS) is 23.3. The first-order valence-electron chi connectivity index (χ1n) is 6.33. The van der Waals surface area contributed by atoms with Crippen molar-refractivity contribution in [1.82, 2.24) is 0 Å². The van der Waals surface area contributed by atoms with Crippen molar-refractivity contribution >= 4 is 6.16 Å². The average molecular weight is 244 g/mol. The van der Waals surface area contributed by atoms with Gasteiger partial charge in [0, 0.05) is 26.1 Å². The highest BCUT2D eigenvalue weighted by Gasteiger charge is 2.21. The van der Waals surface area contributed by atoms with Crippen LogP contribution in [0.4, 0.5) is 4.79 Å². The van der Waals surface area contributed by atoms with Gasteiger partial charge in [0.15, 0.2) is 0 Å². The van der Waals surface area contributed by atoms with Gasteiger partial charge in [-0.3, -0.25) is 0 Å². The van der Waals surface area contributed by atoms with Gasteiger partial charge < -0.3 is 18.9 Å². The zero-order valence-corrected chi connectivity index (χ0v) is 10.1. The summed E-state index contributed by atoms with van der Waals surface area (Å²) in [6.45, 7) is 3.31. The molecular weight excluding hydrogens is 224 g/mol. The molecule has 0 aromatic rings. The Bertz CT molecular complexity index is 231. The molecule has 0 saturated carbocycles. The molecule has 17 heavy (non-hydrogen) atoms. The summed E-state index contributed by atoms with van der Waals surface area (Å²) in [5, 5.41) is 0. The predicted octanol–water partition coefficient (Wildman–Crippen LogP) is 1.75. The third-order valence-corrected chi connectivity index (χ3v) is 3.21. The lowest BCUT2D eigenvalue weighted by Gasteiger charge is -2.24. The average Bonchev–Trinajstić information content (AvgIpc) is 2.39. The van der Waals surface area contributed by atoms with Gasteiger partial charge in [0.1, 0.15) is 6.10 Å². The summed E-state index contributed by atoms with van der Waals surface area (Å²) in [6, 6.07) is 0. The molecule has 98 valence electrons. The molecule has 5 heteroatoms. The van der Waals surface area contributed by atoms with Gasteiger partial charge in [-0.05, 0) is 18.8 Å². The lowest BCUT2D eigenvalue weighted by Crippen LogP contribution is -2.28. The van der Waals surface area contributed by atoms with Gasteiger partial charge in [-0.25, -0.2) is 4.79 Å². The molecule has 0 aliphatic carbocycles. The van der Waals surface area contributed by atoms with E-state index >= 15 is 0 Å². The van der Waals surface area contributed by atoms with Crippen LogP contribution in [0.3, 0.4) is 0 Å². The number of carbonyl (C=O) groups is 1. The first-order valence-corrected chi connectivity index (χ1v) is 6.33. The predicted molar refractivity (Wildman–Crippen MR) is 59.8 cm³/mol. The number of rotatable bonds is 3. The second-order valence-corrected chi connectivity index (χ2v) is 4.55. The van der Waals surface area contributed by atoms with Gasteiger partial charge >= 0.3 is 6.16 Å².